The Hall–Kier alpha value is -0.580. The van der Waals surface area contributed by atoms with E-state index in [0.29, 0.717) is 6.04 Å². The van der Waals surface area contributed by atoms with Gasteiger partial charge in [-0.05, 0) is 50.6 Å². The second-order valence-electron chi connectivity index (χ2n) is 4.92. The predicted molar refractivity (Wildman–Crippen MR) is 85.7 cm³/mol. The molecule has 0 bridgehead atoms. The molecule has 0 aliphatic carbocycles. The fraction of sp³-hybridized carbons (Fsp3) is 0.600. The lowest BCUT2D eigenvalue weighted by Gasteiger charge is -2.31. The number of rotatable bonds is 8. The van der Waals surface area contributed by atoms with Gasteiger partial charge in [-0.25, -0.2) is 0 Å². The number of nitrogens with zero attached hydrogens (tertiary/aromatic N) is 1. The Labute approximate surface area is 125 Å². The van der Waals surface area contributed by atoms with E-state index in [-0.39, 0.29) is 6.61 Å². The van der Waals surface area contributed by atoms with E-state index in [4.69, 9.17) is 5.11 Å². The largest absolute Gasteiger partial charge is 0.396 e. The van der Waals surface area contributed by atoms with Crippen molar-refractivity contribution in [1.29, 1.82) is 0 Å². The van der Waals surface area contributed by atoms with Gasteiger partial charge in [-0.1, -0.05) is 22.9 Å². The second-order valence-corrected chi connectivity index (χ2v) is 5.83. The van der Waals surface area contributed by atoms with Gasteiger partial charge in [0.25, 0.3) is 0 Å². The molecular weight excluding hydrogens is 304 g/mol. The molecule has 1 aromatic carbocycles. The van der Waals surface area contributed by atoms with Crippen LogP contribution in [0.4, 0.5) is 5.69 Å². The summed E-state index contributed by atoms with van der Waals surface area (Å²) in [5, 5.41) is 12.4. The summed E-state index contributed by atoms with van der Waals surface area (Å²) < 4.78 is 1.11. The quantitative estimate of drug-likeness (QED) is 0.769. The Kier molecular flexibility index (Phi) is 7.42. The van der Waals surface area contributed by atoms with Crippen LogP contribution in [0, 0.1) is 0 Å². The lowest BCUT2D eigenvalue weighted by atomic mass is 10.1. The molecule has 0 saturated carbocycles. The molecule has 0 heterocycles. The standard InChI is InChI=1S/C15H25BrN2O/c1-4-17-11-13-10-14(16)6-7-15(13)18(12(2)3)8-5-9-19/h6-7,10,12,17,19H,4-5,8-9,11H2,1-3H3. The third-order valence-electron chi connectivity index (χ3n) is 3.10. The molecule has 0 aliphatic heterocycles. The highest BCUT2D eigenvalue weighted by atomic mass is 79.9. The van der Waals surface area contributed by atoms with Crippen molar-refractivity contribution in [1.82, 2.24) is 5.32 Å². The summed E-state index contributed by atoms with van der Waals surface area (Å²) in [6.07, 6.45) is 0.800. The van der Waals surface area contributed by atoms with E-state index in [1.807, 2.05) is 0 Å². The van der Waals surface area contributed by atoms with Gasteiger partial charge in [0.2, 0.25) is 0 Å². The molecule has 0 fully saturated rings. The molecule has 108 valence electrons. The lowest BCUT2D eigenvalue weighted by Crippen LogP contribution is -2.33. The molecular formula is C15H25BrN2O. The van der Waals surface area contributed by atoms with E-state index >= 15 is 0 Å². The number of hydrogen-bond acceptors (Lipinski definition) is 3. The van der Waals surface area contributed by atoms with E-state index in [2.05, 4.69) is 65.1 Å². The van der Waals surface area contributed by atoms with Crippen molar-refractivity contribution in [2.45, 2.75) is 39.8 Å². The first-order valence-corrected chi connectivity index (χ1v) is 7.76. The molecule has 1 aromatic rings. The average Bonchev–Trinajstić information content (AvgIpc) is 2.38. The predicted octanol–water partition coefficient (Wildman–Crippen LogP) is 3.16. The first-order valence-electron chi connectivity index (χ1n) is 6.96. The monoisotopic (exact) mass is 328 g/mol. The summed E-state index contributed by atoms with van der Waals surface area (Å²) in [6.45, 7) is 9.45. The number of halogens is 1. The van der Waals surface area contributed by atoms with Crippen LogP contribution in [0.1, 0.15) is 32.8 Å². The molecule has 0 spiro atoms. The molecule has 2 N–H and O–H groups in total. The maximum absolute atomic E-state index is 9.05. The average molecular weight is 329 g/mol. The van der Waals surface area contributed by atoms with Crippen molar-refractivity contribution < 1.29 is 5.11 Å². The fourth-order valence-corrected chi connectivity index (χ4v) is 2.54. The maximum atomic E-state index is 9.05. The molecule has 0 amide bonds. The summed E-state index contributed by atoms with van der Waals surface area (Å²) in [6, 6.07) is 6.84. The third-order valence-corrected chi connectivity index (χ3v) is 3.59. The number of hydrogen-bond donors (Lipinski definition) is 2. The second kappa shape index (κ2) is 8.56. The van der Waals surface area contributed by atoms with Gasteiger partial charge in [0.05, 0.1) is 0 Å². The summed E-state index contributed by atoms with van der Waals surface area (Å²) >= 11 is 3.54. The third kappa shape index (κ3) is 5.13. The Morgan fingerprint density at radius 1 is 1.37 bits per heavy atom. The zero-order valence-electron chi connectivity index (χ0n) is 12.1. The molecule has 0 aliphatic rings. The molecule has 0 radical (unpaired) electrons. The van der Waals surface area contributed by atoms with Gasteiger partial charge in [0.1, 0.15) is 0 Å². The Balaban J connectivity index is 2.99. The van der Waals surface area contributed by atoms with Gasteiger partial charge in [-0.2, -0.15) is 0 Å². The normalized spacial score (nSPS) is 11.1. The zero-order chi connectivity index (χ0) is 14.3. The molecule has 1 rings (SSSR count). The van der Waals surface area contributed by atoms with Crippen LogP contribution in [-0.4, -0.2) is 30.8 Å². The van der Waals surface area contributed by atoms with Crippen molar-refractivity contribution in [3.8, 4) is 0 Å². The SMILES string of the molecule is CCNCc1cc(Br)ccc1N(CCCO)C(C)C. The van der Waals surface area contributed by atoms with Crippen LogP contribution in [-0.2, 0) is 6.54 Å². The summed E-state index contributed by atoms with van der Waals surface area (Å²) in [5.74, 6) is 0. The minimum Gasteiger partial charge on any atom is -0.396 e. The van der Waals surface area contributed by atoms with Crippen molar-refractivity contribution in [2.75, 3.05) is 24.6 Å². The molecule has 19 heavy (non-hydrogen) atoms. The number of benzene rings is 1. The van der Waals surface area contributed by atoms with Crippen molar-refractivity contribution in [2.24, 2.45) is 0 Å². The minimum atomic E-state index is 0.238. The van der Waals surface area contributed by atoms with Gasteiger partial charge in [0.15, 0.2) is 0 Å². The highest BCUT2D eigenvalue weighted by Crippen LogP contribution is 2.26. The molecule has 0 unspecified atom stereocenters. The van der Waals surface area contributed by atoms with E-state index in [1.54, 1.807) is 0 Å². The van der Waals surface area contributed by atoms with E-state index in [9.17, 15) is 0 Å². The van der Waals surface area contributed by atoms with Crippen LogP contribution in [0.3, 0.4) is 0 Å². The van der Waals surface area contributed by atoms with Gasteiger partial charge < -0.3 is 15.3 Å². The molecule has 3 nitrogen and oxygen atoms in total. The Morgan fingerprint density at radius 3 is 2.68 bits per heavy atom. The van der Waals surface area contributed by atoms with Gasteiger partial charge in [0, 0.05) is 35.9 Å². The zero-order valence-corrected chi connectivity index (χ0v) is 13.7. The van der Waals surface area contributed by atoms with E-state index in [1.165, 1.54) is 11.3 Å². The van der Waals surface area contributed by atoms with Crippen LogP contribution < -0.4 is 10.2 Å². The lowest BCUT2D eigenvalue weighted by molar-refractivity contribution is 0.288. The fourth-order valence-electron chi connectivity index (χ4n) is 2.13. The van der Waals surface area contributed by atoms with Crippen LogP contribution in [0.25, 0.3) is 0 Å². The number of nitrogens with one attached hydrogen (secondary N) is 1. The molecule has 0 atom stereocenters. The molecule has 4 heteroatoms. The number of aliphatic hydroxyl groups is 1. The summed E-state index contributed by atoms with van der Waals surface area (Å²) in [4.78, 5) is 2.36. The Bertz CT molecular complexity index is 382. The number of aliphatic hydroxyl groups excluding tert-OH is 1. The highest BCUT2D eigenvalue weighted by Gasteiger charge is 2.14. The van der Waals surface area contributed by atoms with E-state index < -0.39 is 0 Å². The van der Waals surface area contributed by atoms with Gasteiger partial charge >= 0.3 is 0 Å². The van der Waals surface area contributed by atoms with E-state index in [0.717, 1.165) is 30.5 Å². The first-order chi connectivity index (χ1) is 9.10. The maximum Gasteiger partial charge on any atom is 0.0447 e. The topological polar surface area (TPSA) is 35.5 Å². The van der Waals surface area contributed by atoms with Crippen molar-refractivity contribution in [3.05, 3.63) is 28.2 Å². The molecule has 0 aromatic heterocycles. The van der Waals surface area contributed by atoms with Gasteiger partial charge in [-0.3, -0.25) is 0 Å². The smallest absolute Gasteiger partial charge is 0.0447 e. The minimum absolute atomic E-state index is 0.238. The van der Waals surface area contributed by atoms with Crippen LogP contribution in [0.5, 0.6) is 0 Å². The first kappa shape index (κ1) is 16.5. The number of anilines is 1. The van der Waals surface area contributed by atoms with Crippen molar-refractivity contribution >= 4 is 21.6 Å². The van der Waals surface area contributed by atoms with Crippen LogP contribution in [0.15, 0.2) is 22.7 Å². The van der Waals surface area contributed by atoms with Crippen LogP contribution in [0.2, 0.25) is 0 Å². The summed E-state index contributed by atoms with van der Waals surface area (Å²) in [5.41, 5.74) is 2.55. The van der Waals surface area contributed by atoms with Crippen LogP contribution >= 0.6 is 15.9 Å². The van der Waals surface area contributed by atoms with Gasteiger partial charge in [-0.15, -0.1) is 0 Å². The highest BCUT2D eigenvalue weighted by molar-refractivity contribution is 9.10. The molecule has 0 saturated heterocycles. The summed E-state index contributed by atoms with van der Waals surface area (Å²) in [7, 11) is 0. The Morgan fingerprint density at radius 2 is 2.11 bits per heavy atom. The van der Waals surface area contributed by atoms with Crippen molar-refractivity contribution in [3.63, 3.8) is 0 Å².